The molecule has 1 atom stereocenters. The lowest BCUT2D eigenvalue weighted by atomic mass is 10.0. The Bertz CT molecular complexity index is 344. The van der Waals surface area contributed by atoms with Crippen molar-refractivity contribution in [2.45, 2.75) is 39.0 Å². The Kier molecular flexibility index (Phi) is 5.17. The highest BCUT2D eigenvalue weighted by Gasteiger charge is 2.21. The molecule has 3 heteroatoms. The molecule has 1 aromatic carbocycles. The largest absolute Gasteiger partial charge is 0.350 e. The van der Waals surface area contributed by atoms with Crippen LogP contribution in [0.15, 0.2) is 24.3 Å². The summed E-state index contributed by atoms with van der Waals surface area (Å²) in [6.45, 7) is 6.70. The molecule has 0 spiro atoms. The highest BCUT2D eigenvalue weighted by Crippen LogP contribution is 2.22. The zero-order valence-corrected chi connectivity index (χ0v) is 11.3. The minimum absolute atomic E-state index is 0.0556. The van der Waals surface area contributed by atoms with Crippen molar-refractivity contribution in [2.24, 2.45) is 0 Å². The van der Waals surface area contributed by atoms with Gasteiger partial charge in [-0.1, -0.05) is 38.1 Å². The molecule has 18 heavy (non-hydrogen) atoms. The van der Waals surface area contributed by atoms with Crippen LogP contribution in [-0.2, 0) is 15.9 Å². The van der Waals surface area contributed by atoms with Gasteiger partial charge in [0.05, 0.1) is 13.2 Å². The molecule has 0 bridgehead atoms. The highest BCUT2D eigenvalue weighted by molar-refractivity contribution is 5.25. The van der Waals surface area contributed by atoms with Crippen molar-refractivity contribution in [3.63, 3.8) is 0 Å². The quantitative estimate of drug-likeness (QED) is 0.840. The Labute approximate surface area is 109 Å². The molecular formula is C15H23NO2. The zero-order chi connectivity index (χ0) is 12.8. The molecule has 2 rings (SSSR count). The summed E-state index contributed by atoms with van der Waals surface area (Å²) in [6, 6.07) is 9.14. The van der Waals surface area contributed by atoms with Gasteiger partial charge in [0.1, 0.15) is 0 Å². The van der Waals surface area contributed by atoms with Crippen molar-refractivity contribution >= 4 is 0 Å². The van der Waals surface area contributed by atoms with E-state index in [1.165, 1.54) is 11.1 Å². The summed E-state index contributed by atoms with van der Waals surface area (Å²) in [4.78, 5) is 0. The van der Waals surface area contributed by atoms with Crippen LogP contribution < -0.4 is 5.32 Å². The second-order valence-electron chi connectivity index (χ2n) is 4.61. The molecule has 0 radical (unpaired) electrons. The second-order valence-corrected chi connectivity index (χ2v) is 4.61. The monoisotopic (exact) mass is 249 g/mol. The van der Waals surface area contributed by atoms with Crippen molar-refractivity contribution < 1.29 is 9.47 Å². The molecule has 1 heterocycles. The standard InChI is InChI=1S/C15H23NO2/c1-3-12-5-7-13(8-6-12)14(16-4-2)11-15-17-9-10-18-15/h5-8,14-16H,3-4,9-11H2,1-2H3. The predicted octanol–water partition coefficient (Wildman–Crippen LogP) is 2.66. The first-order valence-electron chi connectivity index (χ1n) is 6.89. The molecule has 1 aromatic rings. The highest BCUT2D eigenvalue weighted by atomic mass is 16.7. The number of rotatable bonds is 6. The maximum absolute atomic E-state index is 5.53. The van der Waals surface area contributed by atoms with Gasteiger partial charge in [-0.3, -0.25) is 0 Å². The van der Waals surface area contributed by atoms with Gasteiger partial charge in [-0.05, 0) is 24.1 Å². The average Bonchev–Trinajstić information content (AvgIpc) is 2.91. The summed E-state index contributed by atoms with van der Waals surface area (Å²) >= 11 is 0. The normalized spacial score (nSPS) is 18.1. The molecule has 0 aromatic heterocycles. The predicted molar refractivity (Wildman–Crippen MR) is 72.5 cm³/mol. The molecule has 0 saturated carbocycles. The van der Waals surface area contributed by atoms with Crippen molar-refractivity contribution in [1.82, 2.24) is 5.32 Å². The minimum Gasteiger partial charge on any atom is -0.350 e. The maximum atomic E-state index is 5.53. The molecule has 0 amide bonds. The number of benzene rings is 1. The molecule has 1 aliphatic heterocycles. The van der Waals surface area contributed by atoms with E-state index in [4.69, 9.17) is 9.47 Å². The topological polar surface area (TPSA) is 30.5 Å². The van der Waals surface area contributed by atoms with Gasteiger partial charge < -0.3 is 14.8 Å². The Balaban J connectivity index is 2.02. The van der Waals surface area contributed by atoms with Crippen molar-refractivity contribution in [3.05, 3.63) is 35.4 Å². The number of aryl methyl sites for hydroxylation is 1. The van der Waals surface area contributed by atoms with Gasteiger partial charge in [-0.2, -0.15) is 0 Å². The Morgan fingerprint density at radius 3 is 2.39 bits per heavy atom. The summed E-state index contributed by atoms with van der Waals surface area (Å²) in [6.07, 6.45) is 1.90. The first-order chi connectivity index (χ1) is 8.83. The molecule has 1 unspecified atom stereocenters. The summed E-state index contributed by atoms with van der Waals surface area (Å²) < 4.78 is 11.1. The van der Waals surface area contributed by atoms with Crippen LogP contribution in [0, 0.1) is 0 Å². The SMILES string of the molecule is CCNC(CC1OCCO1)c1ccc(CC)cc1. The molecule has 100 valence electrons. The molecule has 1 fully saturated rings. The fourth-order valence-corrected chi connectivity index (χ4v) is 2.31. The van der Waals surface area contributed by atoms with E-state index in [1.807, 2.05) is 0 Å². The third kappa shape index (κ3) is 3.55. The van der Waals surface area contributed by atoms with E-state index in [0.29, 0.717) is 6.04 Å². The Morgan fingerprint density at radius 2 is 1.83 bits per heavy atom. The molecular weight excluding hydrogens is 226 g/mol. The summed E-state index contributed by atoms with van der Waals surface area (Å²) in [5.41, 5.74) is 2.69. The van der Waals surface area contributed by atoms with Crippen LogP contribution in [0.1, 0.15) is 37.4 Å². The minimum atomic E-state index is -0.0556. The zero-order valence-electron chi connectivity index (χ0n) is 11.3. The fourth-order valence-electron chi connectivity index (χ4n) is 2.31. The van der Waals surface area contributed by atoms with Crippen molar-refractivity contribution in [3.8, 4) is 0 Å². The fraction of sp³-hybridized carbons (Fsp3) is 0.600. The van der Waals surface area contributed by atoms with Gasteiger partial charge in [-0.25, -0.2) is 0 Å². The Hall–Kier alpha value is -0.900. The lowest BCUT2D eigenvalue weighted by Gasteiger charge is -2.21. The summed E-state index contributed by atoms with van der Waals surface area (Å²) in [5, 5.41) is 3.50. The first kappa shape index (κ1) is 13.5. The van der Waals surface area contributed by atoms with Gasteiger partial charge in [0.25, 0.3) is 0 Å². The van der Waals surface area contributed by atoms with Gasteiger partial charge in [0, 0.05) is 12.5 Å². The number of nitrogens with one attached hydrogen (secondary N) is 1. The van der Waals surface area contributed by atoms with Gasteiger partial charge >= 0.3 is 0 Å². The lowest BCUT2D eigenvalue weighted by Crippen LogP contribution is -2.25. The molecule has 3 nitrogen and oxygen atoms in total. The Morgan fingerprint density at radius 1 is 1.17 bits per heavy atom. The summed E-state index contributed by atoms with van der Waals surface area (Å²) in [5.74, 6) is 0. The van der Waals surface area contributed by atoms with Crippen LogP contribution in [0.2, 0.25) is 0 Å². The third-order valence-corrected chi connectivity index (χ3v) is 3.36. The third-order valence-electron chi connectivity index (χ3n) is 3.36. The lowest BCUT2D eigenvalue weighted by molar-refractivity contribution is -0.0529. The van der Waals surface area contributed by atoms with E-state index in [0.717, 1.165) is 32.6 Å². The maximum Gasteiger partial charge on any atom is 0.159 e. The van der Waals surface area contributed by atoms with E-state index in [-0.39, 0.29) is 6.29 Å². The average molecular weight is 249 g/mol. The van der Waals surface area contributed by atoms with Gasteiger partial charge in [0.2, 0.25) is 0 Å². The number of ether oxygens (including phenoxy) is 2. The number of hydrogen-bond acceptors (Lipinski definition) is 3. The van der Waals surface area contributed by atoms with Crippen LogP contribution in [0.25, 0.3) is 0 Å². The molecule has 0 aliphatic carbocycles. The molecule has 1 saturated heterocycles. The van der Waals surface area contributed by atoms with Gasteiger partial charge in [0.15, 0.2) is 6.29 Å². The first-order valence-corrected chi connectivity index (χ1v) is 6.89. The van der Waals surface area contributed by atoms with Crippen LogP contribution in [-0.4, -0.2) is 26.0 Å². The van der Waals surface area contributed by atoms with E-state index < -0.39 is 0 Å². The molecule has 1 aliphatic rings. The van der Waals surface area contributed by atoms with Crippen molar-refractivity contribution in [2.75, 3.05) is 19.8 Å². The van der Waals surface area contributed by atoms with Crippen LogP contribution >= 0.6 is 0 Å². The van der Waals surface area contributed by atoms with Crippen molar-refractivity contribution in [1.29, 1.82) is 0 Å². The molecule has 1 N–H and O–H groups in total. The summed E-state index contributed by atoms with van der Waals surface area (Å²) in [7, 11) is 0. The van der Waals surface area contributed by atoms with E-state index >= 15 is 0 Å². The van der Waals surface area contributed by atoms with E-state index in [2.05, 4.69) is 43.4 Å². The van der Waals surface area contributed by atoms with E-state index in [1.54, 1.807) is 0 Å². The van der Waals surface area contributed by atoms with Crippen LogP contribution in [0.5, 0.6) is 0 Å². The smallest absolute Gasteiger partial charge is 0.159 e. The van der Waals surface area contributed by atoms with Crippen LogP contribution in [0.3, 0.4) is 0 Å². The van der Waals surface area contributed by atoms with E-state index in [9.17, 15) is 0 Å². The number of hydrogen-bond donors (Lipinski definition) is 1. The second kappa shape index (κ2) is 6.88. The van der Waals surface area contributed by atoms with Crippen LogP contribution in [0.4, 0.5) is 0 Å². The van der Waals surface area contributed by atoms with Gasteiger partial charge in [-0.15, -0.1) is 0 Å².